The summed E-state index contributed by atoms with van der Waals surface area (Å²) in [5.74, 6) is -1.36. The minimum atomic E-state index is -0.732. The van der Waals surface area contributed by atoms with Crippen molar-refractivity contribution in [2.24, 2.45) is 5.73 Å². The number of likely N-dealkylation sites (tertiary alicyclic amines) is 1. The number of nitrogens with two attached hydrogens (primary N) is 1. The van der Waals surface area contributed by atoms with Gasteiger partial charge >= 0.3 is 12.1 Å². The van der Waals surface area contributed by atoms with Gasteiger partial charge in [-0.25, -0.2) is 9.59 Å². The van der Waals surface area contributed by atoms with Crippen LogP contribution in [0.2, 0.25) is 0 Å². The zero-order valence-corrected chi connectivity index (χ0v) is 12.1. The third-order valence-electron chi connectivity index (χ3n) is 3.32. The van der Waals surface area contributed by atoms with E-state index in [1.54, 1.807) is 0 Å². The Bertz CT molecular complexity index is 546. The molecule has 0 unspecified atom stereocenters. The summed E-state index contributed by atoms with van der Waals surface area (Å²) in [5.41, 5.74) is 5.79. The molecule has 118 valence electrons. The highest BCUT2D eigenvalue weighted by Crippen LogP contribution is 2.20. The minimum Gasteiger partial charge on any atom is -0.454 e. The monoisotopic (exact) mass is 306 g/mol. The van der Waals surface area contributed by atoms with Gasteiger partial charge in [0.15, 0.2) is 6.61 Å². The fourth-order valence-corrected chi connectivity index (χ4v) is 2.27. The Balaban J connectivity index is 1.87. The van der Waals surface area contributed by atoms with Crippen LogP contribution in [0.4, 0.5) is 4.79 Å². The van der Waals surface area contributed by atoms with Gasteiger partial charge in [-0.2, -0.15) is 0 Å². The van der Waals surface area contributed by atoms with Gasteiger partial charge < -0.3 is 15.2 Å². The van der Waals surface area contributed by atoms with Crippen molar-refractivity contribution in [2.75, 3.05) is 13.2 Å². The second-order valence-corrected chi connectivity index (χ2v) is 4.97. The van der Waals surface area contributed by atoms with Gasteiger partial charge in [0.1, 0.15) is 12.6 Å². The van der Waals surface area contributed by atoms with E-state index in [9.17, 15) is 14.4 Å². The Morgan fingerprint density at radius 3 is 2.59 bits per heavy atom. The summed E-state index contributed by atoms with van der Waals surface area (Å²) in [5, 5.41) is 0. The summed E-state index contributed by atoms with van der Waals surface area (Å²) in [6.45, 7) is 0.0748. The van der Waals surface area contributed by atoms with Crippen molar-refractivity contribution in [3.8, 4) is 0 Å². The van der Waals surface area contributed by atoms with Crippen LogP contribution in [-0.4, -0.2) is 42.1 Å². The van der Waals surface area contributed by atoms with Crippen LogP contribution in [0, 0.1) is 0 Å². The molecule has 2 N–H and O–H groups in total. The molecule has 7 nitrogen and oxygen atoms in total. The lowest BCUT2D eigenvalue weighted by Gasteiger charge is -2.22. The zero-order chi connectivity index (χ0) is 15.9. The molecule has 7 heteroatoms. The van der Waals surface area contributed by atoms with E-state index in [-0.39, 0.29) is 6.61 Å². The second-order valence-electron chi connectivity index (χ2n) is 4.97. The number of esters is 1. The molecule has 2 rings (SSSR count). The Hall–Kier alpha value is -2.57. The predicted octanol–water partition coefficient (Wildman–Crippen LogP) is 0.816. The normalized spacial score (nSPS) is 17.1. The van der Waals surface area contributed by atoms with E-state index in [2.05, 4.69) is 0 Å². The maximum Gasteiger partial charge on any atom is 0.410 e. The first-order chi connectivity index (χ1) is 10.6. The van der Waals surface area contributed by atoms with Gasteiger partial charge in [-0.05, 0) is 18.4 Å². The molecule has 1 aliphatic rings. The summed E-state index contributed by atoms with van der Waals surface area (Å²) < 4.78 is 9.97. The van der Waals surface area contributed by atoms with Crippen LogP contribution in [-0.2, 0) is 25.7 Å². The van der Waals surface area contributed by atoms with E-state index in [0.29, 0.717) is 19.4 Å². The number of primary amides is 1. The molecule has 1 fully saturated rings. The van der Waals surface area contributed by atoms with Gasteiger partial charge in [0.25, 0.3) is 5.91 Å². The summed E-state index contributed by atoms with van der Waals surface area (Å²) >= 11 is 0. The molecule has 0 saturated carbocycles. The molecule has 0 radical (unpaired) electrons. The average Bonchev–Trinajstić information content (AvgIpc) is 3.01. The number of ether oxygens (including phenoxy) is 2. The smallest absolute Gasteiger partial charge is 0.410 e. The van der Waals surface area contributed by atoms with E-state index in [1.165, 1.54) is 4.90 Å². The van der Waals surface area contributed by atoms with Crippen molar-refractivity contribution >= 4 is 18.0 Å². The lowest BCUT2D eigenvalue weighted by molar-refractivity contribution is -0.151. The number of carbonyl (C=O) groups excluding carboxylic acids is 3. The first-order valence-electron chi connectivity index (χ1n) is 7.00. The largest absolute Gasteiger partial charge is 0.454 e. The number of hydrogen-bond acceptors (Lipinski definition) is 5. The maximum atomic E-state index is 12.1. The Morgan fingerprint density at radius 1 is 1.18 bits per heavy atom. The molecule has 0 aromatic heterocycles. The molecule has 22 heavy (non-hydrogen) atoms. The number of nitrogens with zero attached hydrogens (tertiary/aromatic N) is 1. The highest BCUT2D eigenvalue weighted by atomic mass is 16.6. The standard InChI is InChI=1S/C15H18N2O5/c16-13(18)10-21-14(19)12-7-4-8-17(12)15(20)22-9-11-5-2-1-3-6-11/h1-3,5-6,12H,4,7-10H2,(H2,16,18)/t12-/m0/s1. The van der Waals surface area contributed by atoms with Crippen LogP contribution in [0.3, 0.4) is 0 Å². The van der Waals surface area contributed by atoms with Crippen LogP contribution in [0.15, 0.2) is 30.3 Å². The first-order valence-corrected chi connectivity index (χ1v) is 7.00. The molecule has 0 bridgehead atoms. The van der Waals surface area contributed by atoms with E-state index >= 15 is 0 Å². The van der Waals surface area contributed by atoms with Gasteiger partial charge in [0, 0.05) is 6.54 Å². The highest BCUT2D eigenvalue weighted by Gasteiger charge is 2.36. The van der Waals surface area contributed by atoms with Crippen LogP contribution in [0.25, 0.3) is 0 Å². The molecule has 1 aromatic carbocycles. The second kappa shape index (κ2) is 7.44. The van der Waals surface area contributed by atoms with E-state index in [0.717, 1.165) is 5.56 Å². The van der Waals surface area contributed by atoms with Crippen molar-refractivity contribution in [1.29, 1.82) is 0 Å². The molecule has 1 atom stereocenters. The van der Waals surface area contributed by atoms with Gasteiger partial charge in [0.2, 0.25) is 0 Å². The van der Waals surface area contributed by atoms with Crippen LogP contribution < -0.4 is 5.73 Å². The summed E-state index contributed by atoms with van der Waals surface area (Å²) in [7, 11) is 0. The number of rotatable bonds is 5. The minimum absolute atomic E-state index is 0.138. The van der Waals surface area contributed by atoms with Gasteiger partial charge in [-0.1, -0.05) is 30.3 Å². The summed E-state index contributed by atoms with van der Waals surface area (Å²) in [6, 6.07) is 8.54. The van der Waals surface area contributed by atoms with Crippen molar-refractivity contribution in [1.82, 2.24) is 4.90 Å². The fraction of sp³-hybridized carbons (Fsp3) is 0.400. The Labute approximate surface area is 128 Å². The first kappa shape index (κ1) is 15.8. The number of hydrogen-bond donors (Lipinski definition) is 1. The molecule has 0 spiro atoms. The molecular weight excluding hydrogens is 288 g/mol. The van der Waals surface area contributed by atoms with Crippen molar-refractivity contribution < 1.29 is 23.9 Å². The highest BCUT2D eigenvalue weighted by molar-refractivity contribution is 5.84. The van der Waals surface area contributed by atoms with Crippen molar-refractivity contribution in [2.45, 2.75) is 25.5 Å². The SMILES string of the molecule is NC(=O)COC(=O)[C@@H]1CCCN1C(=O)OCc1ccccc1. The zero-order valence-electron chi connectivity index (χ0n) is 12.1. The van der Waals surface area contributed by atoms with Crippen LogP contribution in [0.5, 0.6) is 0 Å². The van der Waals surface area contributed by atoms with E-state index in [4.69, 9.17) is 15.2 Å². The average molecular weight is 306 g/mol. The quantitative estimate of drug-likeness (QED) is 0.812. The Kier molecular flexibility index (Phi) is 5.35. The maximum absolute atomic E-state index is 12.1. The third-order valence-corrected chi connectivity index (χ3v) is 3.32. The van der Waals surface area contributed by atoms with Gasteiger partial charge in [0.05, 0.1) is 0 Å². The van der Waals surface area contributed by atoms with Crippen LogP contribution >= 0.6 is 0 Å². The number of carbonyl (C=O) groups is 3. The topological polar surface area (TPSA) is 98.9 Å². The Morgan fingerprint density at radius 2 is 1.91 bits per heavy atom. The van der Waals surface area contributed by atoms with E-state index < -0.39 is 30.6 Å². The van der Waals surface area contributed by atoms with Crippen LogP contribution in [0.1, 0.15) is 18.4 Å². The predicted molar refractivity (Wildman–Crippen MR) is 76.5 cm³/mol. The number of amides is 2. The third kappa shape index (κ3) is 4.21. The molecule has 2 amide bonds. The van der Waals surface area contributed by atoms with E-state index in [1.807, 2.05) is 30.3 Å². The van der Waals surface area contributed by atoms with Gasteiger partial charge in [-0.15, -0.1) is 0 Å². The lowest BCUT2D eigenvalue weighted by atomic mass is 10.2. The fourth-order valence-electron chi connectivity index (χ4n) is 2.27. The van der Waals surface area contributed by atoms with Gasteiger partial charge in [-0.3, -0.25) is 9.69 Å². The summed E-state index contributed by atoms with van der Waals surface area (Å²) in [6.07, 6.45) is 0.594. The van der Waals surface area contributed by atoms with Crippen molar-refractivity contribution in [3.63, 3.8) is 0 Å². The molecular formula is C15H18N2O5. The molecule has 0 aliphatic carbocycles. The summed E-state index contributed by atoms with van der Waals surface area (Å²) in [4.78, 5) is 35.9. The molecule has 1 aliphatic heterocycles. The number of benzene rings is 1. The lowest BCUT2D eigenvalue weighted by Crippen LogP contribution is -2.42. The molecule has 1 heterocycles. The molecule has 1 saturated heterocycles. The van der Waals surface area contributed by atoms with Crippen molar-refractivity contribution in [3.05, 3.63) is 35.9 Å². The molecule has 1 aromatic rings.